The van der Waals surface area contributed by atoms with Crippen LogP contribution in [0.1, 0.15) is 48.8 Å². The van der Waals surface area contributed by atoms with Crippen LogP contribution in [0.4, 0.5) is 30.4 Å². The molecule has 5 nitrogen and oxygen atoms in total. The van der Waals surface area contributed by atoms with Gasteiger partial charge in [-0.25, -0.2) is 4.98 Å². The fourth-order valence-electron chi connectivity index (χ4n) is 4.96. The van der Waals surface area contributed by atoms with Gasteiger partial charge in [0.1, 0.15) is 11.9 Å². The molecule has 1 aromatic carbocycles. The van der Waals surface area contributed by atoms with Crippen LogP contribution in [0.15, 0.2) is 61.1 Å². The van der Waals surface area contributed by atoms with Crippen LogP contribution in [0.2, 0.25) is 0 Å². The molecular weight excluding hydrogens is 463 g/mol. The smallest absolute Gasteiger partial charge is 0.356 e. The Morgan fingerprint density at radius 3 is 2.33 bits per heavy atom. The Morgan fingerprint density at radius 2 is 1.72 bits per heavy atom. The Hall–Kier alpha value is -3.60. The third kappa shape index (κ3) is 5.46. The van der Waals surface area contributed by atoms with Crippen molar-refractivity contribution in [3.8, 4) is 6.07 Å². The Balaban J connectivity index is 1.41. The number of hydrogen-bond acceptors (Lipinski definition) is 5. The summed E-state index contributed by atoms with van der Waals surface area (Å²) in [5, 5.41) is 9.03. The van der Waals surface area contributed by atoms with Crippen molar-refractivity contribution in [3.05, 3.63) is 77.7 Å². The quantitative estimate of drug-likeness (QED) is 0.377. The first kappa shape index (κ1) is 24.1. The summed E-state index contributed by atoms with van der Waals surface area (Å²) in [5.41, 5.74) is 2.80. The van der Waals surface area contributed by atoms with Gasteiger partial charge in [0.25, 0.3) is 0 Å². The Kier molecular flexibility index (Phi) is 6.82. The summed E-state index contributed by atoms with van der Waals surface area (Å²) in [6.45, 7) is 1.52. The molecule has 0 N–H and O–H groups in total. The maximum Gasteiger partial charge on any atom is 0.416 e. The Labute approximate surface area is 209 Å². The number of piperidine rings is 1. The van der Waals surface area contributed by atoms with Crippen LogP contribution in [0.3, 0.4) is 0 Å². The van der Waals surface area contributed by atoms with Gasteiger partial charge in [0.15, 0.2) is 0 Å². The first-order valence-electron chi connectivity index (χ1n) is 12.4. The summed E-state index contributed by atoms with van der Waals surface area (Å²) in [6, 6.07) is 13.4. The third-order valence-electron chi connectivity index (χ3n) is 7.17. The van der Waals surface area contributed by atoms with Gasteiger partial charge in [-0.15, -0.1) is 0 Å². The molecule has 1 aliphatic heterocycles. The minimum Gasteiger partial charge on any atom is -0.356 e. The van der Waals surface area contributed by atoms with E-state index in [1.165, 1.54) is 30.5 Å². The number of pyridine rings is 2. The van der Waals surface area contributed by atoms with Crippen molar-refractivity contribution in [2.24, 2.45) is 5.92 Å². The molecule has 2 fully saturated rings. The van der Waals surface area contributed by atoms with Gasteiger partial charge in [-0.3, -0.25) is 4.98 Å². The van der Waals surface area contributed by atoms with Gasteiger partial charge in [0.05, 0.1) is 23.0 Å². The molecule has 0 amide bonds. The summed E-state index contributed by atoms with van der Waals surface area (Å²) in [7, 11) is 0. The SMILES string of the molecule is N#Cc1ccc(N2CCC(N(c3ccc(C(F)(F)F)cc3)c3cnccc3CCC3CC3)CC2)nc1. The highest BCUT2D eigenvalue weighted by atomic mass is 19.4. The summed E-state index contributed by atoms with van der Waals surface area (Å²) < 4.78 is 39.7. The van der Waals surface area contributed by atoms with Crippen LogP contribution >= 0.6 is 0 Å². The zero-order chi connectivity index (χ0) is 25.1. The maximum atomic E-state index is 13.2. The Morgan fingerprint density at radius 1 is 0.972 bits per heavy atom. The zero-order valence-electron chi connectivity index (χ0n) is 20.0. The molecule has 0 spiro atoms. The fourth-order valence-corrected chi connectivity index (χ4v) is 4.96. The molecule has 0 atom stereocenters. The highest BCUT2D eigenvalue weighted by Gasteiger charge is 2.32. The fraction of sp³-hybridized carbons (Fsp3) is 0.393. The van der Waals surface area contributed by atoms with Gasteiger partial charge in [-0.05, 0) is 79.6 Å². The summed E-state index contributed by atoms with van der Waals surface area (Å²) in [4.78, 5) is 13.2. The predicted octanol–water partition coefficient (Wildman–Crippen LogP) is 6.52. The molecule has 2 aromatic heterocycles. The number of aromatic nitrogens is 2. The third-order valence-corrected chi connectivity index (χ3v) is 7.17. The van der Waals surface area contributed by atoms with E-state index in [1.807, 2.05) is 18.3 Å². The van der Waals surface area contributed by atoms with Crippen LogP contribution in [-0.4, -0.2) is 29.1 Å². The number of benzene rings is 1. The summed E-state index contributed by atoms with van der Waals surface area (Å²) >= 11 is 0. The molecule has 1 aliphatic carbocycles. The van der Waals surface area contributed by atoms with E-state index in [0.29, 0.717) is 5.56 Å². The molecule has 3 heterocycles. The van der Waals surface area contributed by atoms with Gasteiger partial charge < -0.3 is 9.80 Å². The standard InChI is InChI=1S/C28H28F3N5/c29-28(30,31)23-6-8-24(9-7-23)36(26-19-33-14-11-22(26)5-3-20-1-2-20)25-12-15-35(16-13-25)27-10-4-21(17-32)18-34-27/h4,6-11,14,18-20,25H,1-3,5,12-13,15-16H2. The van der Waals surface area contributed by atoms with E-state index in [2.05, 4.69) is 25.8 Å². The van der Waals surface area contributed by atoms with Gasteiger partial charge in [-0.1, -0.05) is 12.8 Å². The number of aryl methyl sites for hydroxylation is 1. The van der Waals surface area contributed by atoms with Crippen LogP contribution in [0.5, 0.6) is 0 Å². The largest absolute Gasteiger partial charge is 0.416 e. The lowest BCUT2D eigenvalue weighted by Crippen LogP contribution is -2.43. The monoisotopic (exact) mass is 491 g/mol. The molecular formula is C28H28F3N5. The van der Waals surface area contributed by atoms with Crippen molar-refractivity contribution in [3.63, 3.8) is 0 Å². The first-order chi connectivity index (χ1) is 17.4. The van der Waals surface area contributed by atoms with Crippen LogP contribution < -0.4 is 9.80 Å². The molecule has 36 heavy (non-hydrogen) atoms. The molecule has 3 aromatic rings. The summed E-state index contributed by atoms with van der Waals surface area (Å²) in [5.74, 6) is 1.62. The van der Waals surface area contributed by atoms with Gasteiger partial charge >= 0.3 is 6.18 Å². The molecule has 1 saturated carbocycles. The minimum atomic E-state index is -4.37. The van der Waals surface area contributed by atoms with E-state index in [-0.39, 0.29) is 6.04 Å². The van der Waals surface area contributed by atoms with Crippen molar-refractivity contribution in [2.45, 2.75) is 50.7 Å². The normalized spacial score (nSPS) is 16.6. The molecule has 0 bridgehead atoms. The second-order valence-corrected chi connectivity index (χ2v) is 9.64. The highest BCUT2D eigenvalue weighted by Crippen LogP contribution is 2.39. The topological polar surface area (TPSA) is 56.1 Å². The van der Waals surface area contributed by atoms with E-state index in [4.69, 9.17) is 5.26 Å². The van der Waals surface area contributed by atoms with E-state index in [0.717, 1.165) is 61.9 Å². The number of alkyl halides is 3. The number of rotatable bonds is 7. The average Bonchev–Trinajstić information content (AvgIpc) is 3.73. The highest BCUT2D eigenvalue weighted by molar-refractivity contribution is 5.67. The van der Waals surface area contributed by atoms with E-state index in [1.54, 1.807) is 30.6 Å². The number of nitriles is 1. The summed E-state index contributed by atoms with van der Waals surface area (Å²) in [6.07, 6.45) is 7.14. The number of nitrogens with zero attached hydrogens (tertiary/aromatic N) is 5. The van der Waals surface area contributed by atoms with Crippen molar-refractivity contribution in [2.75, 3.05) is 22.9 Å². The average molecular weight is 492 g/mol. The predicted molar refractivity (Wildman–Crippen MR) is 133 cm³/mol. The van der Waals surface area contributed by atoms with Crippen molar-refractivity contribution in [1.82, 2.24) is 9.97 Å². The second-order valence-electron chi connectivity index (χ2n) is 9.64. The van der Waals surface area contributed by atoms with Gasteiger partial charge in [0, 0.05) is 37.2 Å². The van der Waals surface area contributed by atoms with Crippen molar-refractivity contribution >= 4 is 17.2 Å². The number of anilines is 3. The van der Waals surface area contributed by atoms with E-state index >= 15 is 0 Å². The molecule has 2 aliphatic rings. The van der Waals surface area contributed by atoms with Gasteiger partial charge in [0.2, 0.25) is 0 Å². The maximum absolute atomic E-state index is 13.2. The lowest BCUT2D eigenvalue weighted by molar-refractivity contribution is -0.137. The van der Waals surface area contributed by atoms with Crippen LogP contribution in [0, 0.1) is 17.2 Å². The molecule has 0 radical (unpaired) electrons. The van der Waals surface area contributed by atoms with Crippen molar-refractivity contribution in [1.29, 1.82) is 5.26 Å². The zero-order valence-corrected chi connectivity index (χ0v) is 20.0. The van der Waals surface area contributed by atoms with Gasteiger partial charge in [-0.2, -0.15) is 18.4 Å². The second kappa shape index (κ2) is 10.2. The minimum absolute atomic E-state index is 0.111. The molecule has 5 rings (SSSR count). The molecule has 8 heteroatoms. The molecule has 186 valence electrons. The lowest BCUT2D eigenvalue weighted by atomic mass is 9.98. The molecule has 0 unspecified atom stereocenters. The number of halogens is 3. The van der Waals surface area contributed by atoms with Crippen molar-refractivity contribution < 1.29 is 13.2 Å². The van der Waals surface area contributed by atoms with Crippen LogP contribution in [0.25, 0.3) is 0 Å². The van der Waals surface area contributed by atoms with E-state index < -0.39 is 11.7 Å². The molecule has 1 saturated heterocycles. The first-order valence-corrected chi connectivity index (χ1v) is 12.4. The van der Waals surface area contributed by atoms with E-state index in [9.17, 15) is 13.2 Å². The lowest BCUT2D eigenvalue weighted by Gasteiger charge is -2.41. The number of hydrogen-bond donors (Lipinski definition) is 0. The van der Waals surface area contributed by atoms with Crippen LogP contribution in [-0.2, 0) is 12.6 Å². The Bertz CT molecular complexity index is 1210.